The first-order chi connectivity index (χ1) is 11.5. The van der Waals surface area contributed by atoms with Gasteiger partial charge in [-0.1, -0.05) is 37.1 Å². The van der Waals surface area contributed by atoms with Gasteiger partial charge in [-0.15, -0.1) is 0 Å². The summed E-state index contributed by atoms with van der Waals surface area (Å²) >= 11 is 5.91. The molecule has 0 saturated heterocycles. The Morgan fingerprint density at radius 3 is 2.46 bits per heavy atom. The number of amides is 1. The lowest BCUT2D eigenvalue weighted by molar-refractivity contribution is -0.116. The minimum atomic E-state index is -1.13. The Hall–Kier alpha value is -2.34. The topological polar surface area (TPSA) is 84.2 Å². The molecule has 0 radical (unpaired) electrons. The van der Waals surface area contributed by atoms with Crippen LogP contribution in [0.15, 0.2) is 24.3 Å². The van der Waals surface area contributed by atoms with Crippen LogP contribution in [0.3, 0.4) is 0 Å². The van der Waals surface area contributed by atoms with E-state index in [0.29, 0.717) is 29.2 Å². The zero-order valence-electron chi connectivity index (χ0n) is 13.7. The molecule has 1 amide bonds. The Kier molecular flexibility index (Phi) is 5.98. The number of hydrogen-bond acceptors (Lipinski definition) is 3. The molecule has 0 spiro atoms. The Morgan fingerprint density at radius 2 is 1.92 bits per heavy atom. The lowest BCUT2D eigenvalue weighted by Crippen LogP contribution is -2.16. The van der Waals surface area contributed by atoms with Gasteiger partial charge < -0.3 is 10.4 Å². The molecule has 0 bridgehead atoms. The van der Waals surface area contributed by atoms with Gasteiger partial charge in [0.15, 0.2) is 5.69 Å². The summed E-state index contributed by atoms with van der Waals surface area (Å²) in [6.07, 6.45) is 1.97. The summed E-state index contributed by atoms with van der Waals surface area (Å²) in [5.74, 6) is -1.35. The summed E-state index contributed by atoms with van der Waals surface area (Å²) in [4.78, 5) is 23.8. The molecule has 2 N–H and O–H groups in total. The van der Waals surface area contributed by atoms with Crippen molar-refractivity contribution in [3.05, 3.63) is 35.0 Å². The van der Waals surface area contributed by atoms with E-state index in [9.17, 15) is 14.7 Å². The maximum Gasteiger partial charge on any atom is 0.356 e. The maximum absolute atomic E-state index is 12.1. The monoisotopic (exact) mass is 349 g/mol. The smallest absolute Gasteiger partial charge is 0.356 e. The molecule has 0 aliphatic heterocycles. The summed E-state index contributed by atoms with van der Waals surface area (Å²) < 4.78 is 1.38. The van der Waals surface area contributed by atoms with Crippen molar-refractivity contribution in [1.29, 1.82) is 0 Å². The molecule has 24 heavy (non-hydrogen) atoms. The summed E-state index contributed by atoms with van der Waals surface area (Å²) in [6.45, 7) is 4.17. The van der Waals surface area contributed by atoms with Gasteiger partial charge in [0.25, 0.3) is 0 Å². The highest BCUT2D eigenvalue weighted by Gasteiger charge is 2.25. The average molecular weight is 350 g/mol. The third-order valence-corrected chi connectivity index (χ3v) is 3.85. The number of carbonyl (C=O) groups is 2. The van der Waals surface area contributed by atoms with Crippen molar-refractivity contribution in [1.82, 2.24) is 9.78 Å². The second-order valence-corrected chi connectivity index (χ2v) is 5.79. The van der Waals surface area contributed by atoms with Crippen molar-refractivity contribution in [2.75, 3.05) is 5.32 Å². The highest BCUT2D eigenvalue weighted by molar-refractivity contribution is 6.30. The van der Waals surface area contributed by atoms with E-state index in [-0.39, 0.29) is 17.3 Å². The van der Waals surface area contributed by atoms with Crippen LogP contribution in [0.25, 0.3) is 11.3 Å². The molecule has 6 nitrogen and oxygen atoms in total. The van der Waals surface area contributed by atoms with E-state index in [2.05, 4.69) is 10.4 Å². The standard InChI is InChI=1S/C17H20ClN3O3/c1-3-5-6-13(22)19-15-14(11-7-9-12(18)10-8-11)20-21(4-2)16(15)17(23)24/h7-10H,3-6H2,1-2H3,(H,19,22)(H,23,24). The van der Waals surface area contributed by atoms with E-state index in [0.717, 1.165) is 12.8 Å². The van der Waals surface area contributed by atoms with Crippen LogP contribution in [0.4, 0.5) is 5.69 Å². The summed E-state index contributed by atoms with van der Waals surface area (Å²) in [6, 6.07) is 6.89. The largest absolute Gasteiger partial charge is 0.476 e. The number of carboxylic acid groups (broad SMARTS) is 1. The lowest BCUT2D eigenvalue weighted by atomic mass is 10.1. The number of nitrogens with zero attached hydrogens (tertiary/aromatic N) is 2. The highest BCUT2D eigenvalue weighted by Crippen LogP contribution is 2.31. The fraction of sp³-hybridized carbons (Fsp3) is 0.353. The van der Waals surface area contributed by atoms with Crippen molar-refractivity contribution >= 4 is 29.2 Å². The number of aromatic nitrogens is 2. The molecular formula is C17H20ClN3O3. The van der Waals surface area contributed by atoms with E-state index >= 15 is 0 Å². The quantitative estimate of drug-likeness (QED) is 0.789. The average Bonchev–Trinajstić information content (AvgIpc) is 2.92. The van der Waals surface area contributed by atoms with Crippen LogP contribution < -0.4 is 5.32 Å². The second kappa shape index (κ2) is 7.97. The van der Waals surface area contributed by atoms with Gasteiger partial charge in [0.1, 0.15) is 11.4 Å². The first-order valence-electron chi connectivity index (χ1n) is 7.87. The molecule has 0 aliphatic rings. The zero-order valence-corrected chi connectivity index (χ0v) is 14.4. The van der Waals surface area contributed by atoms with Crippen LogP contribution in [0, 0.1) is 0 Å². The number of anilines is 1. The molecule has 128 valence electrons. The van der Waals surface area contributed by atoms with Crippen LogP contribution in [0.1, 0.15) is 43.6 Å². The maximum atomic E-state index is 12.1. The number of aryl methyl sites for hydroxylation is 1. The molecular weight excluding hydrogens is 330 g/mol. The number of unbranched alkanes of at least 4 members (excludes halogenated alkanes) is 1. The fourth-order valence-electron chi connectivity index (χ4n) is 2.38. The van der Waals surface area contributed by atoms with Gasteiger partial charge in [-0.05, 0) is 25.5 Å². The third-order valence-electron chi connectivity index (χ3n) is 3.59. The second-order valence-electron chi connectivity index (χ2n) is 5.35. The van der Waals surface area contributed by atoms with Crippen molar-refractivity contribution in [2.45, 2.75) is 39.7 Å². The number of carbonyl (C=O) groups excluding carboxylic acids is 1. The highest BCUT2D eigenvalue weighted by atomic mass is 35.5. The van der Waals surface area contributed by atoms with Gasteiger partial charge in [-0.2, -0.15) is 5.10 Å². The molecule has 1 aromatic carbocycles. The summed E-state index contributed by atoms with van der Waals surface area (Å²) in [7, 11) is 0. The molecule has 0 atom stereocenters. The normalized spacial score (nSPS) is 10.6. The molecule has 2 rings (SSSR count). The molecule has 1 heterocycles. The van der Waals surface area contributed by atoms with Crippen molar-refractivity contribution in [3.63, 3.8) is 0 Å². The van der Waals surface area contributed by atoms with Crippen molar-refractivity contribution in [2.24, 2.45) is 0 Å². The van der Waals surface area contributed by atoms with Crippen LogP contribution >= 0.6 is 11.6 Å². The van der Waals surface area contributed by atoms with E-state index in [4.69, 9.17) is 11.6 Å². The molecule has 0 saturated carbocycles. The van der Waals surface area contributed by atoms with Crippen molar-refractivity contribution < 1.29 is 14.7 Å². The van der Waals surface area contributed by atoms with Crippen LogP contribution in [0.2, 0.25) is 5.02 Å². The van der Waals surface area contributed by atoms with E-state index in [1.165, 1.54) is 4.68 Å². The van der Waals surface area contributed by atoms with Gasteiger partial charge in [0.05, 0.1) is 0 Å². The van der Waals surface area contributed by atoms with Gasteiger partial charge in [0.2, 0.25) is 5.91 Å². The van der Waals surface area contributed by atoms with E-state index in [1.54, 1.807) is 31.2 Å². The SMILES string of the molecule is CCCCC(=O)Nc1c(-c2ccc(Cl)cc2)nn(CC)c1C(=O)O. The number of aromatic carboxylic acids is 1. The zero-order chi connectivity index (χ0) is 17.7. The van der Waals surface area contributed by atoms with Crippen molar-refractivity contribution in [3.8, 4) is 11.3 Å². The molecule has 0 unspecified atom stereocenters. The van der Waals surface area contributed by atoms with Crippen LogP contribution in [-0.2, 0) is 11.3 Å². The van der Waals surface area contributed by atoms with E-state index in [1.807, 2.05) is 6.92 Å². The van der Waals surface area contributed by atoms with Crippen LogP contribution in [0.5, 0.6) is 0 Å². The molecule has 2 aromatic rings. The Morgan fingerprint density at radius 1 is 1.25 bits per heavy atom. The molecule has 1 aromatic heterocycles. The predicted octanol–water partition coefficient (Wildman–Crippen LogP) is 4.05. The Balaban J connectivity index is 2.50. The molecule has 7 heteroatoms. The van der Waals surface area contributed by atoms with Crippen LogP contribution in [-0.4, -0.2) is 26.8 Å². The minimum absolute atomic E-state index is 0.0210. The van der Waals surface area contributed by atoms with Gasteiger partial charge in [0, 0.05) is 23.6 Å². The van der Waals surface area contributed by atoms with E-state index < -0.39 is 5.97 Å². The Bertz CT molecular complexity index is 738. The first-order valence-corrected chi connectivity index (χ1v) is 8.25. The number of benzene rings is 1. The number of rotatable bonds is 7. The summed E-state index contributed by atoms with van der Waals surface area (Å²) in [5, 5.41) is 17.2. The number of nitrogens with one attached hydrogen (secondary N) is 1. The number of carboxylic acids is 1. The minimum Gasteiger partial charge on any atom is -0.476 e. The molecule has 0 aliphatic carbocycles. The number of halogens is 1. The lowest BCUT2D eigenvalue weighted by Gasteiger charge is -2.07. The Labute approximate surface area is 145 Å². The predicted molar refractivity (Wildman–Crippen MR) is 93.5 cm³/mol. The fourth-order valence-corrected chi connectivity index (χ4v) is 2.50. The third kappa shape index (κ3) is 3.94. The van der Waals surface area contributed by atoms with Gasteiger partial charge >= 0.3 is 5.97 Å². The molecule has 0 fully saturated rings. The first kappa shape index (κ1) is 18.0. The number of hydrogen-bond donors (Lipinski definition) is 2. The van der Waals surface area contributed by atoms with Gasteiger partial charge in [-0.25, -0.2) is 4.79 Å². The summed E-state index contributed by atoms with van der Waals surface area (Å²) in [5.41, 5.74) is 1.33. The van der Waals surface area contributed by atoms with Gasteiger partial charge in [-0.3, -0.25) is 9.48 Å².